The topological polar surface area (TPSA) is 95.9 Å². The fourth-order valence-electron chi connectivity index (χ4n) is 3.45. The highest BCUT2D eigenvalue weighted by Gasteiger charge is 2.35. The number of esters is 1. The van der Waals surface area contributed by atoms with Crippen molar-refractivity contribution in [2.75, 3.05) is 13.2 Å². The second-order valence-corrected chi connectivity index (χ2v) is 7.09. The molecule has 1 amide bonds. The van der Waals surface area contributed by atoms with Crippen molar-refractivity contribution in [3.05, 3.63) is 35.9 Å². The molecule has 2 N–H and O–H groups in total. The Labute approximate surface area is 166 Å². The summed E-state index contributed by atoms with van der Waals surface area (Å²) in [5.41, 5.74) is 1.10. The first kappa shape index (κ1) is 21.9. The predicted octanol–water partition coefficient (Wildman–Crippen LogP) is 1.99. The molecule has 1 fully saturated rings. The van der Waals surface area contributed by atoms with Gasteiger partial charge in [0.25, 0.3) is 0 Å². The number of carbonyl (C=O) groups is 3. The number of nitrogens with one attached hydrogen (secondary N) is 1. The van der Waals surface area contributed by atoms with Crippen molar-refractivity contribution in [1.29, 1.82) is 0 Å². The largest absolute Gasteiger partial charge is 0.480 e. The number of carboxylic acids is 1. The number of rotatable bonds is 9. The Balaban J connectivity index is 2.10. The summed E-state index contributed by atoms with van der Waals surface area (Å²) in [7, 11) is 0. The van der Waals surface area contributed by atoms with E-state index in [1.165, 1.54) is 11.8 Å². The second-order valence-electron chi connectivity index (χ2n) is 7.09. The van der Waals surface area contributed by atoms with Gasteiger partial charge < -0.3 is 14.7 Å². The Bertz CT molecular complexity index is 664. The standard InChI is InChI=1S/C21H30N2O5/c1-3-28-21(27)18(13-12-16-9-5-4-6-10-16)22-17-11-7-8-14-23(19(17)24)15(2)20(25)26/h4-6,9-10,15,17-18,22H,3,7-8,11-14H2,1-2H3,(H,25,26). The van der Waals surface area contributed by atoms with Crippen molar-refractivity contribution in [1.82, 2.24) is 10.2 Å². The molecular formula is C21H30N2O5. The van der Waals surface area contributed by atoms with Crippen LogP contribution in [0, 0.1) is 0 Å². The fourth-order valence-corrected chi connectivity index (χ4v) is 3.45. The van der Waals surface area contributed by atoms with Crippen molar-refractivity contribution in [2.45, 2.75) is 64.1 Å². The molecule has 7 heteroatoms. The van der Waals surface area contributed by atoms with Crippen molar-refractivity contribution in [2.24, 2.45) is 0 Å². The maximum Gasteiger partial charge on any atom is 0.326 e. The predicted molar refractivity (Wildman–Crippen MR) is 105 cm³/mol. The van der Waals surface area contributed by atoms with Crippen LogP contribution in [-0.4, -0.2) is 59.1 Å². The summed E-state index contributed by atoms with van der Waals surface area (Å²) in [5.74, 6) is -1.67. The number of nitrogens with zero attached hydrogens (tertiary/aromatic N) is 1. The summed E-state index contributed by atoms with van der Waals surface area (Å²) in [6.45, 7) is 3.95. The Hall–Kier alpha value is -2.41. The third kappa shape index (κ3) is 6.05. The molecule has 1 aromatic carbocycles. The van der Waals surface area contributed by atoms with Gasteiger partial charge in [0.15, 0.2) is 0 Å². The summed E-state index contributed by atoms with van der Waals surface area (Å²) in [4.78, 5) is 38.1. The van der Waals surface area contributed by atoms with Gasteiger partial charge in [0.05, 0.1) is 12.6 Å². The highest BCUT2D eigenvalue weighted by molar-refractivity contribution is 5.87. The van der Waals surface area contributed by atoms with E-state index in [2.05, 4.69) is 5.32 Å². The smallest absolute Gasteiger partial charge is 0.326 e. The summed E-state index contributed by atoms with van der Waals surface area (Å²) in [6.07, 6.45) is 3.29. The number of amides is 1. The highest BCUT2D eigenvalue weighted by atomic mass is 16.5. The first-order valence-corrected chi connectivity index (χ1v) is 9.94. The van der Waals surface area contributed by atoms with E-state index in [1.54, 1.807) is 6.92 Å². The van der Waals surface area contributed by atoms with Crippen LogP contribution in [0.15, 0.2) is 30.3 Å². The molecule has 1 aliphatic rings. The van der Waals surface area contributed by atoms with Gasteiger partial charge in [0, 0.05) is 6.54 Å². The quantitative estimate of drug-likeness (QED) is 0.626. The minimum absolute atomic E-state index is 0.263. The van der Waals surface area contributed by atoms with Crippen LogP contribution in [0.5, 0.6) is 0 Å². The van der Waals surface area contributed by atoms with Gasteiger partial charge in [-0.1, -0.05) is 30.3 Å². The molecule has 3 unspecified atom stereocenters. The number of carbonyl (C=O) groups excluding carboxylic acids is 2. The maximum absolute atomic E-state index is 12.9. The van der Waals surface area contributed by atoms with Crippen LogP contribution >= 0.6 is 0 Å². The normalized spacial score (nSPS) is 19.6. The molecule has 0 radical (unpaired) electrons. The lowest BCUT2D eigenvalue weighted by atomic mass is 10.0. The lowest BCUT2D eigenvalue weighted by Crippen LogP contribution is -2.54. The minimum atomic E-state index is -1.03. The molecular weight excluding hydrogens is 360 g/mol. The van der Waals surface area contributed by atoms with Crippen molar-refractivity contribution in [3.8, 4) is 0 Å². The number of aliphatic carboxylic acids is 1. The second kappa shape index (κ2) is 10.8. The Morgan fingerprint density at radius 2 is 2.00 bits per heavy atom. The zero-order valence-corrected chi connectivity index (χ0v) is 16.6. The first-order valence-electron chi connectivity index (χ1n) is 9.94. The summed E-state index contributed by atoms with van der Waals surface area (Å²) < 4.78 is 5.19. The molecule has 0 aliphatic carbocycles. The molecule has 154 valence electrons. The minimum Gasteiger partial charge on any atom is -0.480 e. The van der Waals surface area contributed by atoms with E-state index >= 15 is 0 Å². The number of carboxylic acid groups (broad SMARTS) is 1. The number of hydrogen-bond donors (Lipinski definition) is 2. The molecule has 28 heavy (non-hydrogen) atoms. The molecule has 1 saturated heterocycles. The Morgan fingerprint density at radius 3 is 2.64 bits per heavy atom. The Morgan fingerprint density at radius 1 is 1.29 bits per heavy atom. The van der Waals surface area contributed by atoms with E-state index < -0.39 is 24.1 Å². The molecule has 7 nitrogen and oxygen atoms in total. The Kier molecular flexibility index (Phi) is 8.44. The molecule has 0 spiro atoms. The van der Waals surface area contributed by atoms with Gasteiger partial charge >= 0.3 is 11.9 Å². The summed E-state index contributed by atoms with van der Waals surface area (Å²) >= 11 is 0. The zero-order valence-electron chi connectivity index (χ0n) is 16.6. The third-order valence-electron chi connectivity index (χ3n) is 5.09. The van der Waals surface area contributed by atoms with E-state index in [0.717, 1.165) is 18.4 Å². The van der Waals surface area contributed by atoms with E-state index in [0.29, 0.717) is 25.8 Å². The number of ether oxygens (including phenoxy) is 1. The van der Waals surface area contributed by atoms with Crippen LogP contribution in [0.1, 0.15) is 45.1 Å². The van der Waals surface area contributed by atoms with Crippen molar-refractivity contribution < 1.29 is 24.2 Å². The molecule has 0 saturated carbocycles. The maximum atomic E-state index is 12.9. The van der Waals surface area contributed by atoms with Crippen molar-refractivity contribution in [3.63, 3.8) is 0 Å². The monoisotopic (exact) mass is 390 g/mol. The van der Waals surface area contributed by atoms with Crippen LogP contribution in [0.2, 0.25) is 0 Å². The molecule has 0 aromatic heterocycles. The first-order chi connectivity index (χ1) is 13.4. The van der Waals surface area contributed by atoms with E-state index in [4.69, 9.17) is 4.74 Å². The van der Waals surface area contributed by atoms with E-state index in [-0.39, 0.29) is 18.5 Å². The number of likely N-dealkylation sites (tertiary alicyclic amines) is 1. The van der Waals surface area contributed by atoms with E-state index in [9.17, 15) is 19.5 Å². The number of benzene rings is 1. The average Bonchev–Trinajstić information content (AvgIpc) is 2.87. The lowest BCUT2D eigenvalue weighted by molar-refractivity contribution is -0.151. The van der Waals surface area contributed by atoms with Crippen LogP contribution in [0.4, 0.5) is 0 Å². The highest BCUT2D eigenvalue weighted by Crippen LogP contribution is 2.17. The summed E-state index contributed by atoms with van der Waals surface area (Å²) in [5, 5.41) is 12.5. The van der Waals surface area contributed by atoms with Crippen molar-refractivity contribution >= 4 is 17.8 Å². The molecule has 1 aromatic rings. The zero-order chi connectivity index (χ0) is 20.5. The van der Waals surface area contributed by atoms with E-state index in [1.807, 2.05) is 30.3 Å². The number of hydrogen-bond acceptors (Lipinski definition) is 5. The number of aryl methyl sites for hydroxylation is 1. The van der Waals surface area contributed by atoms with Gasteiger partial charge in [-0.3, -0.25) is 14.9 Å². The SMILES string of the molecule is CCOC(=O)C(CCc1ccccc1)NC1CCCCN(C(C)C(=O)O)C1=O. The van der Waals surface area contributed by atoms with Crippen LogP contribution in [0.25, 0.3) is 0 Å². The average molecular weight is 390 g/mol. The van der Waals surface area contributed by atoms with Gasteiger partial charge in [-0.05, 0) is 51.5 Å². The molecule has 3 atom stereocenters. The lowest BCUT2D eigenvalue weighted by Gasteiger charge is -2.30. The summed E-state index contributed by atoms with van der Waals surface area (Å²) in [6, 6.07) is 7.73. The van der Waals surface area contributed by atoms with Crippen LogP contribution < -0.4 is 5.32 Å². The molecule has 1 heterocycles. The van der Waals surface area contributed by atoms with Crippen LogP contribution in [0.3, 0.4) is 0 Å². The van der Waals surface area contributed by atoms with Gasteiger partial charge in [-0.15, -0.1) is 0 Å². The van der Waals surface area contributed by atoms with Gasteiger partial charge in [0.1, 0.15) is 12.1 Å². The molecule has 0 bridgehead atoms. The molecule has 1 aliphatic heterocycles. The van der Waals surface area contributed by atoms with Gasteiger partial charge in [-0.25, -0.2) is 4.79 Å². The van der Waals surface area contributed by atoms with Gasteiger partial charge in [0.2, 0.25) is 5.91 Å². The third-order valence-corrected chi connectivity index (χ3v) is 5.09. The molecule has 2 rings (SSSR count). The van der Waals surface area contributed by atoms with Gasteiger partial charge in [-0.2, -0.15) is 0 Å². The van der Waals surface area contributed by atoms with Crippen LogP contribution in [-0.2, 0) is 25.5 Å². The fraction of sp³-hybridized carbons (Fsp3) is 0.571.